The van der Waals surface area contributed by atoms with Crippen molar-refractivity contribution in [1.29, 1.82) is 0 Å². The van der Waals surface area contributed by atoms with Crippen LogP contribution in [0, 0.1) is 0 Å². The lowest BCUT2D eigenvalue weighted by Crippen LogP contribution is -2.30. The van der Waals surface area contributed by atoms with Gasteiger partial charge in [0.15, 0.2) is 0 Å². The van der Waals surface area contributed by atoms with Crippen LogP contribution in [0.4, 0.5) is 0 Å². The van der Waals surface area contributed by atoms with Gasteiger partial charge in [-0.05, 0) is 36.8 Å². The van der Waals surface area contributed by atoms with Crippen molar-refractivity contribution in [3.63, 3.8) is 0 Å². The summed E-state index contributed by atoms with van der Waals surface area (Å²) in [5, 5.41) is 3.37. The molecule has 3 nitrogen and oxygen atoms in total. The van der Waals surface area contributed by atoms with Gasteiger partial charge in [-0.25, -0.2) is 0 Å². The first-order valence-corrected chi connectivity index (χ1v) is 8.71. The number of benzene rings is 2. The van der Waals surface area contributed by atoms with E-state index in [-0.39, 0.29) is 6.04 Å². The Hall–Kier alpha value is -1.65. The molecule has 2 atom stereocenters. The van der Waals surface area contributed by atoms with E-state index in [9.17, 15) is 4.21 Å². The number of para-hydroxylation sites is 1. The van der Waals surface area contributed by atoms with Gasteiger partial charge in [-0.3, -0.25) is 4.21 Å². The van der Waals surface area contributed by atoms with Crippen LogP contribution in [0.15, 0.2) is 54.6 Å². The zero-order chi connectivity index (χ0) is 15.1. The van der Waals surface area contributed by atoms with Crippen LogP contribution in [-0.4, -0.2) is 22.3 Å². The van der Waals surface area contributed by atoms with Crippen LogP contribution in [0.25, 0.3) is 0 Å². The summed E-state index contributed by atoms with van der Waals surface area (Å²) in [6, 6.07) is 18.0. The number of hydrogen-bond donors (Lipinski definition) is 1. The fraction of sp³-hybridized carbons (Fsp3) is 0.294. The van der Waals surface area contributed by atoms with Crippen LogP contribution >= 0.6 is 0 Å². The molecule has 4 heteroatoms. The van der Waals surface area contributed by atoms with Crippen LogP contribution in [0.3, 0.4) is 0 Å². The van der Waals surface area contributed by atoms with E-state index in [0.717, 1.165) is 23.6 Å². The van der Waals surface area contributed by atoms with Gasteiger partial charge >= 0.3 is 0 Å². The quantitative estimate of drug-likeness (QED) is 0.852. The molecule has 2 unspecified atom stereocenters. The van der Waals surface area contributed by atoms with E-state index in [1.54, 1.807) is 6.26 Å². The molecule has 0 radical (unpaired) electrons. The molecule has 21 heavy (non-hydrogen) atoms. The minimum Gasteiger partial charge on any atom is -0.457 e. The summed E-state index contributed by atoms with van der Waals surface area (Å²) >= 11 is 0. The van der Waals surface area contributed by atoms with E-state index in [4.69, 9.17) is 4.74 Å². The summed E-state index contributed by atoms with van der Waals surface area (Å²) in [6.45, 7) is 2.79. The zero-order valence-electron chi connectivity index (χ0n) is 12.4. The van der Waals surface area contributed by atoms with Crippen molar-refractivity contribution in [3.05, 3.63) is 60.2 Å². The second kappa shape index (κ2) is 7.96. The molecule has 0 saturated carbocycles. The standard InChI is InChI=1S/C17H21NO2S/c1-14(13-21(2)19)18-12-15-7-6-10-17(11-15)20-16-8-4-3-5-9-16/h3-11,14,18H,12-13H2,1-2H3. The average molecular weight is 303 g/mol. The highest BCUT2D eigenvalue weighted by atomic mass is 32.2. The summed E-state index contributed by atoms with van der Waals surface area (Å²) in [4.78, 5) is 0. The Kier molecular flexibility index (Phi) is 5.96. The van der Waals surface area contributed by atoms with E-state index in [1.165, 1.54) is 0 Å². The van der Waals surface area contributed by atoms with Crippen LogP contribution < -0.4 is 10.1 Å². The second-order valence-electron chi connectivity index (χ2n) is 5.08. The van der Waals surface area contributed by atoms with Crippen molar-refractivity contribution in [2.24, 2.45) is 0 Å². The predicted molar refractivity (Wildman–Crippen MR) is 88.2 cm³/mol. The lowest BCUT2D eigenvalue weighted by Gasteiger charge is -2.13. The molecular formula is C17H21NO2S. The summed E-state index contributed by atoms with van der Waals surface area (Å²) < 4.78 is 17.0. The van der Waals surface area contributed by atoms with Gasteiger partial charge in [0.1, 0.15) is 11.5 Å². The lowest BCUT2D eigenvalue weighted by atomic mass is 10.2. The van der Waals surface area contributed by atoms with E-state index >= 15 is 0 Å². The van der Waals surface area contributed by atoms with Crippen LogP contribution in [0.5, 0.6) is 11.5 Å². The van der Waals surface area contributed by atoms with E-state index in [1.807, 2.05) is 55.5 Å². The van der Waals surface area contributed by atoms with Crippen molar-refractivity contribution in [2.45, 2.75) is 19.5 Å². The lowest BCUT2D eigenvalue weighted by molar-refractivity contribution is 0.481. The number of hydrogen-bond acceptors (Lipinski definition) is 3. The third kappa shape index (κ3) is 5.69. The van der Waals surface area contributed by atoms with Crippen molar-refractivity contribution >= 4 is 10.8 Å². The maximum absolute atomic E-state index is 11.2. The molecule has 2 aromatic carbocycles. The summed E-state index contributed by atoms with van der Waals surface area (Å²) in [7, 11) is -0.772. The average Bonchev–Trinajstić information content (AvgIpc) is 2.46. The Morgan fingerprint density at radius 3 is 2.52 bits per heavy atom. The summed E-state index contributed by atoms with van der Waals surface area (Å²) in [6.07, 6.45) is 1.73. The van der Waals surface area contributed by atoms with E-state index < -0.39 is 10.8 Å². The van der Waals surface area contributed by atoms with Gasteiger partial charge in [0.05, 0.1) is 0 Å². The Balaban J connectivity index is 1.93. The molecule has 0 aliphatic heterocycles. The molecule has 112 valence electrons. The highest BCUT2D eigenvalue weighted by Gasteiger charge is 2.04. The molecule has 0 aromatic heterocycles. The van der Waals surface area contributed by atoms with Gasteiger partial charge in [-0.1, -0.05) is 30.3 Å². The molecule has 0 fully saturated rings. The highest BCUT2D eigenvalue weighted by Crippen LogP contribution is 2.21. The fourth-order valence-corrected chi connectivity index (χ4v) is 2.87. The van der Waals surface area contributed by atoms with Crippen molar-refractivity contribution < 1.29 is 8.95 Å². The van der Waals surface area contributed by atoms with Gasteiger partial charge < -0.3 is 10.1 Å². The minimum atomic E-state index is -0.772. The predicted octanol–water partition coefficient (Wildman–Crippen LogP) is 3.34. The number of rotatable bonds is 7. The molecule has 0 aliphatic rings. The minimum absolute atomic E-state index is 0.231. The third-order valence-electron chi connectivity index (χ3n) is 3.02. The normalized spacial score (nSPS) is 13.6. The van der Waals surface area contributed by atoms with Gasteiger partial charge in [0.2, 0.25) is 0 Å². The van der Waals surface area contributed by atoms with Crippen molar-refractivity contribution in [3.8, 4) is 11.5 Å². The van der Waals surface area contributed by atoms with Crippen LogP contribution in [-0.2, 0) is 17.3 Å². The molecule has 0 heterocycles. The Bertz CT molecular complexity index is 586. The van der Waals surface area contributed by atoms with Crippen LogP contribution in [0.2, 0.25) is 0 Å². The van der Waals surface area contributed by atoms with E-state index in [2.05, 4.69) is 11.4 Å². The zero-order valence-corrected chi connectivity index (χ0v) is 13.2. The summed E-state index contributed by atoms with van der Waals surface area (Å²) in [5.41, 5.74) is 1.15. The number of ether oxygens (including phenoxy) is 1. The maximum Gasteiger partial charge on any atom is 0.127 e. The van der Waals surface area contributed by atoms with Crippen molar-refractivity contribution in [2.75, 3.05) is 12.0 Å². The molecule has 0 saturated heterocycles. The summed E-state index contributed by atoms with van der Waals surface area (Å²) in [5.74, 6) is 2.32. The molecule has 0 bridgehead atoms. The topological polar surface area (TPSA) is 38.3 Å². The molecule has 2 rings (SSSR count). The van der Waals surface area contributed by atoms with Gasteiger partial charge in [-0.2, -0.15) is 0 Å². The first kappa shape index (κ1) is 15.7. The molecule has 0 aliphatic carbocycles. The molecule has 1 N–H and O–H groups in total. The molecule has 0 amide bonds. The Labute approximate surface area is 128 Å². The Morgan fingerprint density at radius 2 is 1.81 bits per heavy atom. The van der Waals surface area contributed by atoms with Gasteiger partial charge in [-0.15, -0.1) is 0 Å². The van der Waals surface area contributed by atoms with E-state index in [0.29, 0.717) is 5.75 Å². The van der Waals surface area contributed by atoms with Gasteiger partial charge in [0, 0.05) is 35.4 Å². The maximum atomic E-state index is 11.2. The largest absolute Gasteiger partial charge is 0.457 e. The van der Waals surface area contributed by atoms with Gasteiger partial charge in [0.25, 0.3) is 0 Å². The number of nitrogens with one attached hydrogen (secondary N) is 1. The highest BCUT2D eigenvalue weighted by molar-refractivity contribution is 7.84. The Morgan fingerprint density at radius 1 is 1.10 bits per heavy atom. The molecular weight excluding hydrogens is 282 g/mol. The SMILES string of the molecule is CC(CS(C)=O)NCc1cccc(Oc2ccccc2)c1. The molecule has 2 aromatic rings. The smallest absolute Gasteiger partial charge is 0.127 e. The van der Waals surface area contributed by atoms with Crippen LogP contribution in [0.1, 0.15) is 12.5 Å². The first-order chi connectivity index (χ1) is 10.1. The van der Waals surface area contributed by atoms with Crippen molar-refractivity contribution in [1.82, 2.24) is 5.32 Å². The fourth-order valence-electron chi connectivity index (χ4n) is 2.05. The second-order valence-corrected chi connectivity index (χ2v) is 6.56. The first-order valence-electron chi connectivity index (χ1n) is 6.99. The monoisotopic (exact) mass is 303 g/mol. The molecule has 0 spiro atoms. The third-order valence-corrected chi connectivity index (χ3v) is 3.99.